The van der Waals surface area contributed by atoms with Gasteiger partial charge in [0, 0.05) is 18.4 Å². The van der Waals surface area contributed by atoms with Crippen LogP contribution in [0, 0.1) is 11.3 Å². The van der Waals surface area contributed by atoms with Gasteiger partial charge >= 0.3 is 6.18 Å². The molecule has 2 aromatic rings. The molecule has 1 heterocycles. The molecule has 2 rings (SSSR count). The van der Waals surface area contributed by atoms with Crippen LogP contribution >= 0.6 is 0 Å². The van der Waals surface area contributed by atoms with E-state index in [4.69, 9.17) is 0 Å². The largest absolute Gasteiger partial charge is 0.416 e. The molecule has 26 heavy (non-hydrogen) atoms. The topological polar surface area (TPSA) is 57.8 Å². The van der Waals surface area contributed by atoms with Crippen LogP contribution in [0.1, 0.15) is 54.2 Å². The molecule has 1 aromatic heterocycles. The Balaban J connectivity index is 2.28. The van der Waals surface area contributed by atoms with Gasteiger partial charge in [-0.1, -0.05) is 32.3 Å². The minimum absolute atomic E-state index is 0.0438. The molecule has 0 unspecified atom stereocenters. The molecular formula is C19H20F3N3O. The number of nitrogens with zero attached hydrogens (tertiary/aromatic N) is 2. The highest BCUT2D eigenvalue weighted by atomic mass is 19.4. The fraction of sp³-hybridized carbons (Fsp3) is 0.368. The highest BCUT2D eigenvalue weighted by molar-refractivity contribution is 5.95. The van der Waals surface area contributed by atoms with E-state index < -0.39 is 17.6 Å². The summed E-state index contributed by atoms with van der Waals surface area (Å²) in [6.45, 7) is 2.54. The molecular weight excluding hydrogens is 343 g/mol. The van der Waals surface area contributed by atoms with Gasteiger partial charge in [0.15, 0.2) is 0 Å². The van der Waals surface area contributed by atoms with Crippen LogP contribution < -0.4 is 5.32 Å². The first-order chi connectivity index (χ1) is 12.4. The van der Waals surface area contributed by atoms with Crippen LogP contribution in [0.4, 0.5) is 13.2 Å². The number of rotatable bonds is 7. The molecule has 4 nitrogen and oxygen atoms in total. The first kappa shape index (κ1) is 19.6. The molecule has 7 heteroatoms. The van der Waals surface area contributed by atoms with Gasteiger partial charge in [0.25, 0.3) is 5.91 Å². The second kappa shape index (κ2) is 8.56. The van der Waals surface area contributed by atoms with E-state index in [1.165, 1.54) is 29.0 Å². The maximum absolute atomic E-state index is 12.9. The predicted molar refractivity (Wildman–Crippen MR) is 92.0 cm³/mol. The van der Waals surface area contributed by atoms with E-state index in [1.54, 1.807) is 0 Å². The summed E-state index contributed by atoms with van der Waals surface area (Å²) < 4.78 is 40.1. The van der Waals surface area contributed by atoms with Crippen LogP contribution in [0.2, 0.25) is 0 Å². The summed E-state index contributed by atoms with van der Waals surface area (Å²) in [4.78, 5) is 12.5. The highest BCUT2D eigenvalue weighted by Crippen LogP contribution is 2.31. The van der Waals surface area contributed by atoms with Crippen molar-refractivity contribution in [3.8, 4) is 11.8 Å². The Kier molecular flexibility index (Phi) is 6.45. The lowest BCUT2D eigenvalue weighted by Gasteiger charge is -2.13. The quantitative estimate of drug-likeness (QED) is 0.726. The third-order valence-electron chi connectivity index (χ3n) is 3.99. The maximum atomic E-state index is 12.9. The lowest BCUT2D eigenvalue weighted by Crippen LogP contribution is -2.27. The molecule has 0 atom stereocenters. The Morgan fingerprint density at radius 2 is 2.00 bits per heavy atom. The maximum Gasteiger partial charge on any atom is 0.416 e. The summed E-state index contributed by atoms with van der Waals surface area (Å²) in [5, 5.41) is 12.0. The third kappa shape index (κ3) is 4.66. The normalized spacial score (nSPS) is 11.2. The van der Waals surface area contributed by atoms with Gasteiger partial charge in [-0.3, -0.25) is 4.79 Å². The van der Waals surface area contributed by atoms with Gasteiger partial charge in [0.05, 0.1) is 11.1 Å². The number of unbranched alkanes of at least 4 members (excludes halogenated alkanes) is 3. The lowest BCUT2D eigenvalue weighted by atomic mass is 10.1. The number of nitrogens with one attached hydrogen (secondary N) is 1. The number of carbonyl (C=O) groups excluding carboxylic acids is 1. The molecule has 0 aliphatic heterocycles. The fourth-order valence-electron chi connectivity index (χ4n) is 2.64. The average Bonchev–Trinajstić information content (AvgIpc) is 3.05. The smallest absolute Gasteiger partial charge is 0.351 e. The first-order valence-electron chi connectivity index (χ1n) is 8.45. The zero-order valence-corrected chi connectivity index (χ0v) is 14.4. The van der Waals surface area contributed by atoms with E-state index in [9.17, 15) is 23.2 Å². The minimum Gasteiger partial charge on any atom is -0.351 e. The number of hydrogen-bond acceptors (Lipinski definition) is 2. The van der Waals surface area contributed by atoms with Crippen LogP contribution in [-0.4, -0.2) is 17.0 Å². The molecule has 1 amide bonds. The van der Waals surface area contributed by atoms with Crippen LogP contribution in [0.25, 0.3) is 5.69 Å². The van der Waals surface area contributed by atoms with Crippen molar-refractivity contribution in [2.45, 2.75) is 38.8 Å². The second-order valence-electron chi connectivity index (χ2n) is 5.92. The number of nitriles is 1. The molecule has 1 aromatic carbocycles. The molecule has 0 saturated carbocycles. The molecule has 1 N–H and O–H groups in total. The van der Waals surface area contributed by atoms with Crippen LogP contribution in [0.15, 0.2) is 36.5 Å². The van der Waals surface area contributed by atoms with Crippen LogP contribution in [-0.2, 0) is 6.18 Å². The van der Waals surface area contributed by atoms with E-state index in [1.807, 2.05) is 6.07 Å². The Morgan fingerprint density at radius 1 is 1.23 bits per heavy atom. The molecule has 0 aliphatic carbocycles. The number of carbonyl (C=O) groups is 1. The van der Waals surface area contributed by atoms with Gasteiger partial charge in [-0.2, -0.15) is 18.4 Å². The zero-order valence-electron chi connectivity index (χ0n) is 14.4. The van der Waals surface area contributed by atoms with Crippen LogP contribution in [0.5, 0.6) is 0 Å². The van der Waals surface area contributed by atoms with Crippen molar-refractivity contribution in [1.82, 2.24) is 9.88 Å². The minimum atomic E-state index is -4.48. The van der Waals surface area contributed by atoms with Crippen molar-refractivity contribution < 1.29 is 18.0 Å². The van der Waals surface area contributed by atoms with E-state index >= 15 is 0 Å². The summed E-state index contributed by atoms with van der Waals surface area (Å²) >= 11 is 0. The lowest BCUT2D eigenvalue weighted by molar-refractivity contribution is -0.137. The predicted octanol–water partition coefficient (Wildman–Crippen LogP) is 4.68. The Hall–Kier alpha value is -2.75. The molecule has 138 valence electrons. The van der Waals surface area contributed by atoms with Gasteiger partial charge in [0.1, 0.15) is 11.8 Å². The van der Waals surface area contributed by atoms with Crippen molar-refractivity contribution in [3.05, 3.63) is 53.3 Å². The first-order valence-corrected chi connectivity index (χ1v) is 8.45. The van der Waals surface area contributed by atoms with Gasteiger partial charge in [-0.15, -0.1) is 0 Å². The summed E-state index contributed by atoms with van der Waals surface area (Å²) in [6.07, 6.45) is 0.885. The number of alkyl halides is 3. The van der Waals surface area contributed by atoms with Gasteiger partial charge in [-0.25, -0.2) is 0 Å². The molecule has 0 spiro atoms. The number of halogens is 3. The fourth-order valence-corrected chi connectivity index (χ4v) is 2.64. The zero-order chi connectivity index (χ0) is 19.2. The number of hydrogen-bond donors (Lipinski definition) is 1. The van der Waals surface area contributed by atoms with Gasteiger partial charge in [-0.05, 0) is 30.7 Å². The molecule has 0 aliphatic rings. The van der Waals surface area contributed by atoms with Crippen molar-refractivity contribution in [3.63, 3.8) is 0 Å². The Labute approximate surface area is 150 Å². The summed E-state index contributed by atoms with van der Waals surface area (Å²) in [5.41, 5.74) is -0.471. The number of aromatic nitrogens is 1. The third-order valence-corrected chi connectivity index (χ3v) is 3.99. The molecule has 0 bridgehead atoms. The monoisotopic (exact) mass is 363 g/mol. The van der Waals surface area contributed by atoms with Gasteiger partial charge < -0.3 is 9.88 Å². The standard InChI is InChI=1S/C19H20F3N3O/c1-2-3-4-5-10-24-18(26)17-14(13-23)9-11-25(17)16-8-6-7-15(12-16)19(20,21)22/h6-9,11-12H,2-5,10H2,1H3,(H,24,26). The SMILES string of the molecule is CCCCCCNC(=O)c1c(C#N)ccn1-c1cccc(C(F)(F)F)c1. The summed E-state index contributed by atoms with van der Waals surface area (Å²) in [7, 11) is 0. The van der Waals surface area contributed by atoms with Crippen LogP contribution in [0.3, 0.4) is 0 Å². The average molecular weight is 363 g/mol. The number of benzene rings is 1. The Bertz CT molecular complexity index is 803. The van der Waals surface area contributed by atoms with Crippen molar-refractivity contribution in [1.29, 1.82) is 5.26 Å². The molecule has 0 fully saturated rings. The van der Waals surface area contributed by atoms with Crippen molar-refractivity contribution >= 4 is 5.91 Å². The van der Waals surface area contributed by atoms with Crippen molar-refractivity contribution in [2.24, 2.45) is 0 Å². The van der Waals surface area contributed by atoms with E-state index in [2.05, 4.69) is 12.2 Å². The van der Waals surface area contributed by atoms with E-state index in [0.29, 0.717) is 6.54 Å². The van der Waals surface area contributed by atoms with Crippen molar-refractivity contribution in [2.75, 3.05) is 6.54 Å². The van der Waals surface area contributed by atoms with E-state index in [0.717, 1.165) is 37.8 Å². The number of amides is 1. The highest BCUT2D eigenvalue weighted by Gasteiger charge is 2.31. The van der Waals surface area contributed by atoms with Gasteiger partial charge in [0.2, 0.25) is 0 Å². The Morgan fingerprint density at radius 3 is 2.65 bits per heavy atom. The molecule has 0 saturated heterocycles. The molecule has 0 radical (unpaired) electrons. The summed E-state index contributed by atoms with van der Waals surface area (Å²) in [5.74, 6) is -0.472. The summed E-state index contributed by atoms with van der Waals surface area (Å²) in [6, 6.07) is 8.00. The van der Waals surface area contributed by atoms with E-state index in [-0.39, 0.29) is 16.9 Å². The second-order valence-corrected chi connectivity index (χ2v) is 5.92.